The molecule has 148 valence electrons. The van der Waals surface area contributed by atoms with Crippen LogP contribution in [0.1, 0.15) is 27.8 Å². The Morgan fingerprint density at radius 1 is 0.931 bits per heavy atom. The van der Waals surface area contributed by atoms with Crippen LogP contribution in [0.2, 0.25) is 0 Å². The van der Waals surface area contributed by atoms with Gasteiger partial charge in [-0.05, 0) is 75.1 Å². The van der Waals surface area contributed by atoms with Crippen LogP contribution in [0.4, 0.5) is 5.69 Å². The number of amides is 1. The van der Waals surface area contributed by atoms with Crippen molar-refractivity contribution in [3.8, 4) is 0 Å². The minimum atomic E-state index is -0.0515. The lowest BCUT2D eigenvalue weighted by Crippen LogP contribution is -2.15. The number of anilines is 1. The number of thioether (sulfide) groups is 1. The first-order chi connectivity index (χ1) is 13.8. The maximum Gasteiger partial charge on any atom is 0.234 e. The van der Waals surface area contributed by atoms with Crippen molar-refractivity contribution >= 4 is 39.9 Å². The van der Waals surface area contributed by atoms with E-state index >= 15 is 0 Å². The Kier molecular flexibility index (Phi) is 5.04. The van der Waals surface area contributed by atoms with Crippen molar-refractivity contribution in [2.24, 2.45) is 0 Å². The van der Waals surface area contributed by atoms with Gasteiger partial charge in [0.25, 0.3) is 0 Å². The molecule has 0 spiro atoms. The highest BCUT2D eigenvalue weighted by molar-refractivity contribution is 7.99. The van der Waals surface area contributed by atoms with E-state index in [4.69, 9.17) is 0 Å². The predicted molar refractivity (Wildman–Crippen MR) is 120 cm³/mol. The molecule has 5 nitrogen and oxygen atoms in total. The molecule has 2 heterocycles. The number of pyridine rings is 1. The van der Waals surface area contributed by atoms with E-state index in [0.717, 1.165) is 33.1 Å². The molecule has 0 unspecified atom stereocenters. The first kappa shape index (κ1) is 19.5. The van der Waals surface area contributed by atoms with Crippen LogP contribution in [-0.4, -0.2) is 26.3 Å². The molecule has 0 aliphatic carbocycles. The highest BCUT2D eigenvalue weighted by atomic mass is 32.2. The Balaban J connectivity index is 1.64. The summed E-state index contributed by atoms with van der Waals surface area (Å²) in [7, 11) is 0. The molecule has 0 saturated carbocycles. The molecule has 0 radical (unpaired) electrons. The number of nitrogens with zero attached hydrogens (tertiary/aromatic N) is 3. The average Bonchev–Trinajstić information content (AvgIpc) is 3.05. The number of benzene rings is 2. The molecule has 0 aliphatic heterocycles. The summed E-state index contributed by atoms with van der Waals surface area (Å²) in [4.78, 5) is 12.5. The van der Waals surface area contributed by atoms with Gasteiger partial charge in [0.05, 0.1) is 11.3 Å². The first-order valence-electron chi connectivity index (χ1n) is 9.59. The van der Waals surface area contributed by atoms with Crippen LogP contribution in [0.15, 0.2) is 41.6 Å². The van der Waals surface area contributed by atoms with Crippen molar-refractivity contribution in [1.82, 2.24) is 14.6 Å². The van der Waals surface area contributed by atoms with Crippen molar-refractivity contribution in [1.29, 1.82) is 0 Å². The van der Waals surface area contributed by atoms with Gasteiger partial charge in [0.2, 0.25) is 5.91 Å². The summed E-state index contributed by atoms with van der Waals surface area (Å²) >= 11 is 1.40. The van der Waals surface area contributed by atoms with Crippen LogP contribution in [0, 0.1) is 34.6 Å². The SMILES string of the molecule is Cc1ccc(C)c(NC(=O)CSc2nnc3cc(C)c4cc(C)cc(C)c4n23)c1. The van der Waals surface area contributed by atoms with E-state index < -0.39 is 0 Å². The molecule has 1 N–H and O–H groups in total. The Morgan fingerprint density at radius 3 is 2.52 bits per heavy atom. The topological polar surface area (TPSA) is 59.3 Å². The van der Waals surface area contributed by atoms with Crippen molar-refractivity contribution < 1.29 is 4.79 Å². The number of carbonyl (C=O) groups is 1. The zero-order chi connectivity index (χ0) is 20.7. The van der Waals surface area contributed by atoms with Crippen molar-refractivity contribution in [2.75, 3.05) is 11.1 Å². The molecule has 0 saturated heterocycles. The first-order valence-corrected chi connectivity index (χ1v) is 10.6. The van der Waals surface area contributed by atoms with Crippen LogP contribution >= 0.6 is 11.8 Å². The molecule has 4 rings (SSSR count). The van der Waals surface area contributed by atoms with Gasteiger partial charge in [-0.25, -0.2) is 0 Å². The van der Waals surface area contributed by atoms with Gasteiger partial charge in [0, 0.05) is 11.1 Å². The molecular weight excluding hydrogens is 380 g/mol. The van der Waals surface area contributed by atoms with E-state index in [2.05, 4.69) is 58.9 Å². The van der Waals surface area contributed by atoms with Gasteiger partial charge in [0.15, 0.2) is 10.8 Å². The lowest BCUT2D eigenvalue weighted by molar-refractivity contribution is -0.113. The van der Waals surface area contributed by atoms with Crippen molar-refractivity contribution in [2.45, 2.75) is 39.8 Å². The van der Waals surface area contributed by atoms with E-state index in [-0.39, 0.29) is 11.7 Å². The van der Waals surface area contributed by atoms with Gasteiger partial charge in [-0.1, -0.05) is 35.5 Å². The largest absolute Gasteiger partial charge is 0.325 e. The standard InChI is InChI=1S/C23H24N4OS/c1-13-6-7-15(3)19(10-13)24-21(28)12-29-23-26-25-20-11-16(4)18-9-14(2)8-17(5)22(18)27(20)23/h6-11H,12H2,1-5H3,(H,24,28). The summed E-state index contributed by atoms with van der Waals surface area (Å²) in [5, 5.41) is 13.6. The summed E-state index contributed by atoms with van der Waals surface area (Å²) in [6.45, 7) is 10.3. The second kappa shape index (κ2) is 7.52. The highest BCUT2D eigenvalue weighted by Crippen LogP contribution is 2.29. The monoisotopic (exact) mass is 404 g/mol. The number of carbonyl (C=O) groups excluding carboxylic acids is 1. The van der Waals surface area contributed by atoms with Gasteiger partial charge in [0.1, 0.15) is 0 Å². The smallest absolute Gasteiger partial charge is 0.234 e. The predicted octanol–water partition coefficient (Wildman–Crippen LogP) is 5.16. The van der Waals surface area contributed by atoms with Crippen molar-refractivity contribution in [3.05, 3.63) is 64.2 Å². The van der Waals surface area contributed by atoms with Crippen LogP contribution < -0.4 is 5.32 Å². The minimum absolute atomic E-state index is 0.0515. The zero-order valence-electron chi connectivity index (χ0n) is 17.3. The fourth-order valence-corrected chi connectivity index (χ4v) is 4.44. The third kappa shape index (κ3) is 3.72. The number of fused-ring (bicyclic) bond motifs is 3. The second-order valence-corrected chi connectivity index (χ2v) is 8.58. The van der Waals surface area contributed by atoms with Crippen molar-refractivity contribution in [3.63, 3.8) is 0 Å². The highest BCUT2D eigenvalue weighted by Gasteiger charge is 2.15. The minimum Gasteiger partial charge on any atom is -0.325 e. The quantitative estimate of drug-likeness (QED) is 0.478. The zero-order valence-corrected chi connectivity index (χ0v) is 18.1. The number of aromatic nitrogens is 3. The molecule has 4 aromatic rings. The molecular formula is C23H24N4OS. The molecule has 0 fully saturated rings. The lowest BCUT2D eigenvalue weighted by atomic mass is 10.0. The molecule has 6 heteroatoms. The fraction of sp³-hybridized carbons (Fsp3) is 0.261. The van der Waals surface area contributed by atoms with Crippen LogP contribution in [0.3, 0.4) is 0 Å². The van der Waals surface area contributed by atoms with E-state index in [1.54, 1.807) is 0 Å². The lowest BCUT2D eigenvalue weighted by Gasteiger charge is -2.12. The van der Waals surface area contributed by atoms with E-state index in [9.17, 15) is 4.79 Å². The molecule has 2 aromatic carbocycles. The van der Waals surface area contributed by atoms with E-state index in [0.29, 0.717) is 0 Å². The maximum absolute atomic E-state index is 12.5. The molecule has 2 aromatic heterocycles. The average molecular weight is 405 g/mol. The van der Waals surface area contributed by atoms with Gasteiger partial charge in [-0.2, -0.15) is 0 Å². The molecule has 0 aliphatic rings. The number of rotatable bonds is 4. The Labute approximate surface area is 174 Å². The maximum atomic E-state index is 12.5. The number of nitrogens with one attached hydrogen (secondary N) is 1. The van der Waals surface area contributed by atoms with Gasteiger partial charge in [-0.3, -0.25) is 9.20 Å². The van der Waals surface area contributed by atoms with E-state index in [1.165, 1.54) is 33.8 Å². The van der Waals surface area contributed by atoms with Gasteiger partial charge in [-0.15, -0.1) is 10.2 Å². The van der Waals surface area contributed by atoms with Crippen LogP contribution in [0.5, 0.6) is 0 Å². The van der Waals surface area contributed by atoms with Gasteiger partial charge >= 0.3 is 0 Å². The van der Waals surface area contributed by atoms with Crippen LogP contribution in [0.25, 0.3) is 16.6 Å². The fourth-order valence-electron chi connectivity index (χ4n) is 3.69. The molecule has 29 heavy (non-hydrogen) atoms. The Morgan fingerprint density at radius 2 is 1.72 bits per heavy atom. The summed E-state index contributed by atoms with van der Waals surface area (Å²) in [5.41, 5.74) is 8.52. The Bertz CT molecular complexity index is 1260. The number of aryl methyl sites for hydroxylation is 5. The summed E-state index contributed by atoms with van der Waals surface area (Å²) in [5.74, 6) is 0.221. The molecule has 1 amide bonds. The summed E-state index contributed by atoms with van der Waals surface area (Å²) in [6.07, 6.45) is 0. The van der Waals surface area contributed by atoms with Gasteiger partial charge < -0.3 is 5.32 Å². The summed E-state index contributed by atoms with van der Waals surface area (Å²) < 4.78 is 2.06. The number of hydrogen-bond donors (Lipinski definition) is 1. The van der Waals surface area contributed by atoms with Crippen LogP contribution in [-0.2, 0) is 4.79 Å². The molecule has 0 bridgehead atoms. The van der Waals surface area contributed by atoms with E-state index in [1.807, 2.05) is 32.0 Å². The second-order valence-electron chi connectivity index (χ2n) is 7.64. The molecule has 0 atom stereocenters. The number of hydrogen-bond acceptors (Lipinski definition) is 4. The summed E-state index contributed by atoms with van der Waals surface area (Å²) in [6, 6.07) is 12.5. The third-order valence-electron chi connectivity index (χ3n) is 5.10. The third-order valence-corrected chi connectivity index (χ3v) is 6.03. The Hall–Kier alpha value is -2.86. The normalized spacial score (nSPS) is 11.3.